The molecule has 0 amide bonds. The van der Waals surface area contributed by atoms with Crippen molar-refractivity contribution < 1.29 is 19.4 Å². The van der Waals surface area contributed by atoms with Crippen molar-refractivity contribution in [3.8, 4) is 6.07 Å². The van der Waals surface area contributed by atoms with Gasteiger partial charge in [0, 0.05) is 0 Å². The van der Waals surface area contributed by atoms with Gasteiger partial charge in [0.15, 0.2) is 0 Å². The maximum Gasteiger partial charge on any atom is 0.306 e. The van der Waals surface area contributed by atoms with E-state index in [9.17, 15) is 24.7 Å². The second kappa shape index (κ2) is 10.3. The maximum absolute atomic E-state index is 13.5. The number of hydrogen-bond acceptors (Lipinski definition) is 4. The molecule has 5 nitrogen and oxygen atoms in total. The Morgan fingerprint density at radius 1 is 1.23 bits per heavy atom. The van der Waals surface area contributed by atoms with Crippen molar-refractivity contribution in [1.82, 2.24) is 4.90 Å². The average molecular weight is 413 g/mol. The summed E-state index contributed by atoms with van der Waals surface area (Å²) in [5, 5.41) is 30.7. The van der Waals surface area contributed by atoms with Gasteiger partial charge in [-0.05, 0) is 87.3 Å². The van der Waals surface area contributed by atoms with Crippen molar-refractivity contribution in [2.45, 2.75) is 38.2 Å². The van der Waals surface area contributed by atoms with Crippen LogP contribution in [0.5, 0.6) is 0 Å². The summed E-state index contributed by atoms with van der Waals surface area (Å²) in [5.74, 6) is -1.94. The van der Waals surface area contributed by atoms with Crippen LogP contribution in [-0.4, -0.2) is 41.7 Å². The van der Waals surface area contributed by atoms with Gasteiger partial charge < -0.3 is 15.1 Å². The molecule has 1 unspecified atom stereocenters. The van der Waals surface area contributed by atoms with E-state index in [1.54, 1.807) is 37.3 Å². The largest absolute Gasteiger partial charge is 0.481 e. The van der Waals surface area contributed by atoms with Crippen molar-refractivity contribution in [3.63, 3.8) is 0 Å². The normalized spacial score (nSPS) is 14.2. The van der Waals surface area contributed by atoms with E-state index in [0.717, 1.165) is 6.54 Å². The van der Waals surface area contributed by atoms with Gasteiger partial charge in [-0.3, -0.25) is 4.79 Å². The molecule has 0 bridgehead atoms. The number of nitrogens with zero attached hydrogens (tertiary/aromatic N) is 2. The molecule has 2 aromatic rings. The first-order chi connectivity index (χ1) is 14.2. The summed E-state index contributed by atoms with van der Waals surface area (Å²) in [6, 6.07) is 12.8. The molecule has 6 heteroatoms. The molecule has 0 aromatic heterocycles. The predicted molar refractivity (Wildman–Crippen MR) is 113 cm³/mol. The molecule has 0 heterocycles. The highest BCUT2D eigenvalue weighted by Crippen LogP contribution is 2.37. The van der Waals surface area contributed by atoms with Gasteiger partial charge in [-0.1, -0.05) is 25.1 Å². The van der Waals surface area contributed by atoms with Crippen LogP contribution in [0, 0.1) is 23.1 Å². The van der Waals surface area contributed by atoms with Crippen LogP contribution in [0.4, 0.5) is 4.39 Å². The molecule has 0 radical (unpaired) electrons. The zero-order chi connectivity index (χ0) is 22.3. The molecular formula is C24H29FN2O3. The lowest BCUT2D eigenvalue weighted by molar-refractivity contribution is -0.141. The summed E-state index contributed by atoms with van der Waals surface area (Å²) in [6.45, 7) is 2.55. The fourth-order valence-electron chi connectivity index (χ4n) is 3.72. The molecule has 2 rings (SSSR count). The SMILES string of the molecule is CCC(Cc1cc(C#N)ccc1[C@@](O)(CCCN(C)C)c1ccc(F)cc1)C(=O)O. The summed E-state index contributed by atoms with van der Waals surface area (Å²) in [4.78, 5) is 13.6. The first-order valence-electron chi connectivity index (χ1n) is 10.1. The summed E-state index contributed by atoms with van der Waals surface area (Å²) in [5.41, 5.74) is 0.705. The summed E-state index contributed by atoms with van der Waals surface area (Å²) in [6.07, 6.45) is 1.69. The van der Waals surface area contributed by atoms with E-state index in [4.69, 9.17) is 0 Å². The molecule has 0 aliphatic heterocycles. The molecule has 2 N–H and O–H groups in total. The lowest BCUT2D eigenvalue weighted by Crippen LogP contribution is -2.31. The van der Waals surface area contributed by atoms with Crippen molar-refractivity contribution in [1.29, 1.82) is 5.26 Å². The topological polar surface area (TPSA) is 84.6 Å². The molecule has 2 aromatic carbocycles. The minimum atomic E-state index is -1.43. The Hall–Kier alpha value is -2.75. The summed E-state index contributed by atoms with van der Waals surface area (Å²) < 4.78 is 13.5. The van der Waals surface area contributed by atoms with Gasteiger partial charge >= 0.3 is 5.97 Å². The van der Waals surface area contributed by atoms with Crippen LogP contribution < -0.4 is 0 Å². The Balaban J connectivity index is 2.59. The number of carboxylic acid groups (broad SMARTS) is 1. The third kappa shape index (κ3) is 5.65. The molecule has 0 aliphatic carbocycles. The lowest BCUT2D eigenvalue weighted by Gasteiger charge is -2.32. The molecule has 0 saturated carbocycles. The minimum absolute atomic E-state index is 0.202. The van der Waals surface area contributed by atoms with Crippen LogP contribution in [0.15, 0.2) is 42.5 Å². The Bertz CT molecular complexity index is 906. The van der Waals surface area contributed by atoms with E-state index < -0.39 is 23.3 Å². The fourth-order valence-corrected chi connectivity index (χ4v) is 3.72. The molecule has 0 fully saturated rings. The van der Waals surface area contributed by atoms with Crippen LogP contribution in [-0.2, 0) is 16.8 Å². The van der Waals surface area contributed by atoms with E-state index in [1.807, 2.05) is 19.0 Å². The quantitative estimate of drug-likeness (QED) is 0.618. The standard InChI is InChI=1S/C24H29FN2O3/c1-4-18(23(28)29)15-19-14-17(16-26)6-11-22(19)24(30,12-5-13-27(2)3)20-7-9-21(25)10-8-20/h6-11,14,18,30H,4-5,12-13,15H2,1-3H3,(H,28,29)/t18?,24-/m1/s1. The van der Waals surface area contributed by atoms with Gasteiger partial charge in [0.2, 0.25) is 0 Å². The van der Waals surface area contributed by atoms with Crippen molar-refractivity contribution >= 4 is 5.97 Å². The predicted octanol–water partition coefficient (Wildman–Crippen LogP) is 3.93. The molecule has 2 atom stereocenters. The highest BCUT2D eigenvalue weighted by molar-refractivity contribution is 5.70. The summed E-state index contributed by atoms with van der Waals surface area (Å²) >= 11 is 0. The Kier molecular flexibility index (Phi) is 8.10. The monoisotopic (exact) mass is 412 g/mol. The van der Waals surface area contributed by atoms with Gasteiger partial charge in [0.25, 0.3) is 0 Å². The van der Waals surface area contributed by atoms with E-state index in [0.29, 0.717) is 41.5 Å². The number of aliphatic hydroxyl groups is 1. The highest BCUT2D eigenvalue weighted by atomic mass is 19.1. The van der Waals surface area contributed by atoms with E-state index in [2.05, 4.69) is 6.07 Å². The van der Waals surface area contributed by atoms with E-state index in [-0.39, 0.29) is 6.42 Å². The number of halogens is 1. The van der Waals surface area contributed by atoms with Gasteiger partial charge in [-0.2, -0.15) is 5.26 Å². The lowest BCUT2D eigenvalue weighted by atomic mass is 9.78. The number of benzene rings is 2. The molecule has 0 saturated heterocycles. The number of nitriles is 1. The Morgan fingerprint density at radius 2 is 1.90 bits per heavy atom. The zero-order valence-corrected chi connectivity index (χ0v) is 17.7. The number of carbonyl (C=O) groups is 1. The first-order valence-corrected chi connectivity index (χ1v) is 10.1. The van der Waals surface area contributed by atoms with E-state index in [1.165, 1.54) is 12.1 Å². The number of rotatable bonds is 10. The first kappa shape index (κ1) is 23.5. The van der Waals surface area contributed by atoms with Crippen LogP contribution in [0.1, 0.15) is 48.4 Å². The minimum Gasteiger partial charge on any atom is -0.481 e. The van der Waals surface area contributed by atoms with Crippen molar-refractivity contribution in [3.05, 3.63) is 70.5 Å². The van der Waals surface area contributed by atoms with E-state index >= 15 is 0 Å². The Labute approximate surface area is 177 Å². The highest BCUT2D eigenvalue weighted by Gasteiger charge is 2.34. The second-order valence-corrected chi connectivity index (χ2v) is 7.91. The molecule has 0 spiro atoms. The number of carboxylic acids is 1. The maximum atomic E-state index is 13.5. The summed E-state index contributed by atoms with van der Waals surface area (Å²) in [7, 11) is 3.89. The molecule has 0 aliphatic rings. The van der Waals surface area contributed by atoms with Gasteiger partial charge in [0.1, 0.15) is 11.4 Å². The zero-order valence-electron chi connectivity index (χ0n) is 17.7. The van der Waals surface area contributed by atoms with Gasteiger partial charge in [-0.25, -0.2) is 4.39 Å². The fraction of sp³-hybridized carbons (Fsp3) is 0.417. The van der Waals surface area contributed by atoms with Crippen LogP contribution in [0.25, 0.3) is 0 Å². The third-order valence-electron chi connectivity index (χ3n) is 5.45. The third-order valence-corrected chi connectivity index (χ3v) is 5.45. The van der Waals surface area contributed by atoms with Crippen molar-refractivity contribution in [2.24, 2.45) is 5.92 Å². The molecule has 160 valence electrons. The van der Waals surface area contributed by atoms with Gasteiger partial charge in [0.05, 0.1) is 17.6 Å². The van der Waals surface area contributed by atoms with Crippen LogP contribution >= 0.6 is 0 Å². The average Bonchev–Trinajstić information content (AvgIpc) is 2.71. The molecular weight excluding hydrogens is 383 g/mol. The Morgan fingerprint density at radius 3 is 2.43 bits per heavy atom. The second-order valence-electron chi connectivity index (χ2n) is 7.91. The smallest absolute Gasteiger partial charge is 0.306 e. The van der Waals surface area contributed by atoms with Crippen LogP contribution in [0.2, 0.25) is 0 Å². The number of aliphatic carboxylic acids is 1. The van der Waals surface area contributed by atoms with Gasteiger partial charge in [-0.15, -0.1) is 0 Å². The van der Waals surface area contributed by atoms with Crippen LogP contribution in [0.3, 0.4) is 0 Å². The molecule has 30 heavy (non-hydrogen) atoms. The van der Waals surface area contributed by atoms with Crippen molar-refractivity contribution in [2.75, 3.05) is 20.6 Å². The number of hydrogen-bond donors (Lipinski definition) is 2.